The smallest absolute Gasteiger partial charge is 0.105 e. The average Bonchev–Trinajstić information content (AvgIpc) is 2.68. The fraction of sp³-hybridized carbons (Fsp3) is 0.786. The molecule has 1 rings (SSSR count). The van der Waals surface area contributed by atoms with E-state index in [1.54, 1.807) is 0 Å². The number of unbranched alkanes of at least 4 members (excludes halogenated alkanes) is 3. The molecule has 0 amide bonds. The summed E-state index contributed by atoms with van der Waals surface area (Å²) in [5.74, 6) is 1.89. The largest absolute Gasteiger partial charge is 0.335 e. The van der Waals surface area contributed by atoms with E-state index >= 15 is 0 Å². The minimum absolute atomic E-state index is 0.763. The molecule has 3 nitrogen and oxygen atoms in total. The fourth-order valence-corrected chi connectivity index (χ4v) is 1.92. The molecule has 0 unspecified atom stereocenters. The first-order valence-electron chi connectivity index (χ1n) is 6.88. The van der Waals surface area contributed by atoms with E-state index in [9.17, 15) is 0 Å². The van der Waals surface area contributed by atoms with Gasteiger partial charge in [-0.3, -0.25) is 0 Å². The van der Waals surface area contributed by atoms with Crippen LogP contribution in [0.1, 0.15) is 45.4 Å². The molecule has 0 aromatic carbocycles. The Hall–Kier alpha value is -0.830. The van der Waals surface area contributed by atoms with Crippen molar-refractivity contribution in [2.24, 2.45) is 5.92 Å². The Bertz CT molecular complexity index is 291. The molecule has 0 saturated carbocycles. The molecule has 0 aliphatic carbocycles. The monoisotopic (exact) mass is 237 g/mol. The van der Waals surface area contributed by atoms with Gasteiger partial charge in [0.05, 0.1) is 0 Å². The van der Waals surface area contributed by atoms with Crippen molar-refractivity contribution in [1.82, 2.24) is 14.9 Å². The van der Waals surface area contributed by atoms with Crippen LogP contribution in [-0.4, -0.2) is 22.6 Å². The Morgan fingerprint density at radius 1 is 1.24 bits per heavy atom. The maximum absolute atomic E-state index is 4.23. The van der Waals surface area contributed by atoms with Crippen molar-refractivity contribution in [3.8, 4) is 0 Å². The highest BCUT2D eigenvalue weighted by molar-refractivity contribution is 4.87. The van der Waals surface area contributed by atoms with Crippen molar-refractivity contribution in [2.45, 2.75) is 53.0 Å². The van der Waals surface area contributed by atoms with Crippen molar-refractivity contribution in [3.05, 3.63) is 18.2 Å². The van der Waals surface area contributed by atoms with E-state index in [1.165, 1.54) is 32.2 Å². The molecule has 1 aromatic heterocycles. The minimum atomic E-state index is 0.763. The molecule has 17 heavy (non-hydrogen) atoms. The maximum Gasteiger partial charge on any atom is 0.105 e. The third-order valence-electron chi connectivity index (χ3n) is 2.98. The van der Waals surface area contributed by atoms with Crippen molar-refractivity contribution in [2.75, 3.05) is 13.1 Å². The second-order valence-electron chi connectivity index (χ2n) is 5.18. The first kappa shape index (κ1) is 14.2. The van der Waals surface area contributed by atoms with Gasteiger partial charge in [-0.2, -0.15) is 0 Å². The first-order chi connectivity index (χ1) is 8.20. The van der Waals surface area contributed by atoms with Crippen LogP contribution in [0.15, 0.2) is 12.4 Å². The lowest BCUT2D eigenvalue weighted by molar-refractivity contribution is 0.514. The average molecular weight is 237 g/mol. The summed E-state index contributed by atoms with van der Waals surface area (Å²) in [6.45, 7) is 10.00. The number of rotatable bonds is 9. The van der Waals surface area contributed by atoms with Crippen LogP contribution in [0, 0.1) is 12.8 Å². The highest BCUT2D eigenvalue weighted by atomic mass is 15.0. The van der Waals surface area contributed by atoms with Crippen molar-refractivity contribution in [3.63, 3.8) is 0 Å². The molecule has 0 fully saturated rings. The summed E-state index contributed by atoms with van der Waals surface area (Å²) < 4.78 is 2.23. The lowest BCUT2D eigenvalue weighted by Crippen LogP contribution is -2.20. The molecule has 0 aliphatic heterocycles. The van der Waals surface area contributed by atoms with E-state index in [1.807, 2.05) is 6.20 Å². The lowest BCUT2D eigenvalue weighted by Gasteiger charge is -2.07. The van der Waals surface area contributed by atoms with Gasteiger partial charge < -0.3 is 9.88 Å². The van der Waals surface area contributed by atoms with Crippen LogP contribution >= 0.6 is 0 Å². The standard InChI is InChI=1S/C14H27N3/c1-13(2)12-15-8-6-4-5-7-10-17-11-9-16-14(17)3/h9,11,13,15H,4-8,10,12H2,1-3H3. The van der Waals surface area contributed by atoms with Crippen LogP contribution in [-0.2, 0) is 6.54 Å². The number of imidazole rings is 1. The van der Waals surface area contributed by atoms with Crippen LogP contribution in [0.25, 0.3) is 0 Å². The van der Waals surface area contributed by atoms with Crippen LogP contribution in [0.4, 0.5) is 0 Å². The molecule has 3 heteroatoms. The van der Waals surface area contributed by atoms with E-state index in [0.29, 0.717) is 0 Å². The molecule has 98 valence electrons. The van der Waals surface area contributed by atoms with Crippen molar-refractivity contribution in [1.29, 1.82) is 0 Å². The molecule has 1 heterocycles. The van der Waals surface area contributed by atoms with Gasteiger partial charge in [-0.05, 0) is 38.8 Å². The highest BCUT2D eigenvalue weighted by Crippen LogP contribution is 2.03. The van der Waals surface area contributed by atoms with Gasteiger partial charge in [-0.15, -0.1) is 0 Å². The predicted molar refractivity (Wildman–Crippen MR) is 73.1 cm³/mol. The summed E-state index contributed by atoms with van der Waals surface area (Å²) >= 11 is 0. The quantitative estimate of drug-likeness (QED) is 0.669. The lowest BCUT2D eigenvalue weighted by atomic mass is 10.2. The second-order valence-corrected chi connectivity index (χ2v) is 5.18. The van der Waals surface area contributed by atoms with Crippen LogP contribution in [0.2, 0.25) is 0 Å². The van der Waals surface area contributed by atoms with Crippen LogP contribution < -0.4 is 5.32 Å². The number of hydrogen-bond acceptors (Lipinski definition) is 2. The zero-order chi connectivity index (χ0) is 12.5. The number of aryl methyl sites for hydroxylation is 2. The molecule has 0 bridgehead atoms. The maximum atomic E-state index is 4.23. The molecular formula is C14H27N3. The van der Waals surface area contributed by atoms with Gasteiger partial charge in [-0.25, -0.2) is 4.98 Å². The Kier molecular flexibility index (Phi) is 6.94. The summed E-state index contributed by atoms with van der Waals surface area (Å²) in [6, 6.07) is 0. The summed E-state index contributed by atoms with van der Waals surface area (Å²) in [5.41, 5.74) is 0. The van der Waals surface area contributed by atoms with Gasteiger partial charge in [0.15, 0.2) is 0 Å². The molecule has 0 saturated heterocycles. The van der Waals surface area contributed by atoms with Crippen LogP contribution in [0.3, 0.4) is 0 Å². The van der Waals surface area contributed by atoms with E-state index in [0.717, 1.165) is 24.8 Å². The third kappa shape index (κ3) is 6.47. The number of nitrogens with zero attached hydrogens (tertiary/aromatic N) is 2. The Morgan fingerprint density at radius 2 is 2.00 bits per heavy atom. The van der Waals surface area contributed by atoms with Crippen molar-refractivity contribution < 1.29 is 0 Å². The van der Waals surface area contributed by atoms with Gasteiger partial charge in [0.25, 0.3) is 0 Å². The summed E-state index contributed by atoms with van der Waals surface area (Å²) in [6.07, 6.45) is 9.17. The zero-order valence-electron chi connectivity index (χ0n) is 11.6. The SMILES string of the molecule is Cc1nccn1CCCCCCNCC(C)C. The Labute approximate surface area is 106 Å². The number of hydrogen-bond donors (Lipinski definition) is 1. The Balaban J connectivity index is 1.90. The van der Waals surface area contributed by atoms with E-state index < -0.39 is 0 Å². The Morgan fingerprint density at radius 3 is 2.65 bits per heavy atom. The normalized spacial score (nSPS) is 11.3. The topological polar surface area (TPSA) is 29.9 Å². The molecule has 0 aliphatic rings. The van der Waals surface area contributed by atoms with Crippen molar-refractivity contribution >= 4 is 0 Å². The summed E-state index contributed by atoms with van der Waals surface area (Å²) in [7, 11) is 0. The summed E-state index contributed by atoms with van der Waals surface area (Å²) in [5, 5.41) is 3.48. The van der Waals surface area contributed by atoms with Gasteiger partial charge in [0.1, 0.15) is 5.82 Å². The molecule has 0 spiro atoms. The predicted octanol–water partition coefficient (Wildman–Crippen LogP) is 3.00. The van der Waals surface area contributed by atoms with Gasteiger partial charge in [0.2, 0.25) is 0 Å². The molecule has 0 radical (unpaired) electrons. The number of nitrogens with one attached hydrogen (secondary N) is 1. The van der Waals surface area contributed by atoms with Crippen LogP contribution in [0.5, 0.6) is 0 Å². The van der Waals surface area contributed by atoms with E-state index in [2.05, 4.69) is 41.8 Å². The van der Waals surface area contributed by atoms with Gasteiger partial charge in [-0.1, -0.05) is 26.7 Å². The fourth-order valence-electron chi connectivity index (χ4n) is 1.92. The molecule has 1 N–H and O–H groups in total. The highest BCUT2D eigenvalue weighted by Gasteiger charge is 1.96. The van der Waals surface area contributed by atoms with E-state index in [-0.39, 0.29) is 0 Å². The number of aromatic nitrogens is 2. The minimum Gasteiger partial charge on any atom is -0.335 e. The molecular weight excluding hydrogens is 210 g/mol. The molecule has 0 atom stereocenters. The van der Waals surface area contributed by atoms with E-state index in [4.69, 9.17) is 0 Å². The zero-order valence-corrected chi connectivity index (χ0v) is 11.6. The third-order valence-corrected chi connectivity index (χ3v) is 2.98. The second kappa shape index (κ2) is 8.29. The van der Waals surface area contributed by atoms with Gasteiger partial charge >= 0.3 is 0 Å². The summed E-state index contributed by atoms with van der Waals surface area (Å²) in [4.78, 5) is 4.23. The van der Waals surface area contributed by atoms with Gasteiger partial charge in [0, 0.05) is 18.9 Å². The molecule has 1 aromatic rings. The first-order valence-corrected chi connectivity index (χ1v) is 6.88.